The van der Waals surface area contributed by atoms with Crippen molar-refractivity contribution >= 4 is 48.8 Å². The van der Waals surface area contributed by atoms with E-state index in [-0.39, 0.29) is 0 Å². The van der Waals surface area contributed by atoms with Crippen LogP contribution in [0.1, 0.15) is 31.4 Å². The van der Waals surface area contributed by atoms with Gasteiger partial charge in [0.15, 0.2) is 0 Å². The zero-order chi connectivity index (χ0) is 16.8. The van der Waals surface area contributed by atoms with Gasteiger partial charge in [-0.3, -0.25) is 0 Å². The third-order valence-corrected chi connectivity index (χ3v) is 5.06. The van der Waals surface area contributed by atoms with E-state index in [1.54, 1.807) is 0 Å². The highest BCUT2D eigenvalue weighted by atomic mass is 79.9. The van der Waals surface area contributed by atoms with Crippen LogP contribution in [0.25, 0.3) is 17.0 Å². The van der Waals surface area contributed by atoms with E-state index in [2.05, 4.69) is 100 Å². The molecule has 3 heteroatoms. The number of rotatable bonds is 2. The van der Waals surface area contributed by atoms with Crippen molar-refractivity contribution in [1.29, 1.82) is 0 Å². The summed E-state index contributed by atoms with van der Waals surface area (Å²) in [4.78, 5) is 3.27. The Morgan fingerprint density at radius 3 is 2.52 bits per heavy atom. The highest BCUT2D eigenvalue weighted by Gasteiger charge is 1.99. The fourth-order valence-electron chi connectivity index (χ4n) is 2.15. The molecule has 0 fully saturated rings. The van der Waals surface area contributed by atoms with Crippen molar-refractivity contribution in [3.8, 4) is 0 Å². The van der Waals surface area contributed by atoms with Crippen LogP contribution in [0.4, 0.5) is 0 Å². The molecule has 0 saturated carbocycles. The highest BCUT2D eigenvalue weighted by molar-refractivity contribution is 9.11. The molecule has 0 spiro atoms. The molecule has 0 aliphatic heterocycles. The van der Waals surface area contributed by atoms with Gasteiger partial charge in [0.1, 0.15) is 0 Å². The molecule has 0 unspecified atom stereocenters. The van der Waals surface area contributed by atoms with Crippen molar-refractivity contribution in [2.75, 3.05) is 0 Å². The van der Waals surface area contributed by atoms with Gasteiger partial charge in [-0.05, 0) is 49.6 Å². The first kappa shape index (κ1) is 18.0. The summed E-state index contributed by atoms with van der Waals surface area (Å²) >= 11 is 6.78. The van der Waals surface area contributed by atoms with Crippen LogP contribution in [0.3, 0.4) is 0 Å². The predicted molar refractivity (Wildman–Crippen MR) is 109 cm³/mol. The molecular formula is C20H21Br2N. The van der Waals surface area contributed by atoms with E-state index in [0.29, 0.717) is 0 Å². The molecule has 1 N–H and O–H groups in total. The Labute approximate surface area is 155 Å². The lowest BCUT2D eigenvalue weighted by molar-refractivity contribution is 1.11. The average Bonchev–Trinajstić information content (AvgIpc) is 2.95. The molecule has 0 atom stereocenters. The Morgan fingerprint density at radius 1 is 1.13 bits per heavy atom. The molecule has 0 aliphatic rings. The van der Waals surface area contributed by atoms with E-state index < -0.39 is 0 Å². The number of H-pyrrole nitrogens is 1. The van der Waals surface area contributed by atoms with Crippen LogP contribution in [0.2, 0.25) is 0 Å². The normalized spacial score (nSPS) is 11.3. The lowest BCUT2D eigenvalue weighted by Crippen LogP contribution is -1.72. The predicted octanol–water partition coefficient (Wildman–Crippen LogP) is 7.50. The minimum atomic E-state index is 1.11. The maximum Gasteiger partial charge on any atom is 0.0460 e. The first-order valence-electron chi connectivity index (χ1n) is 7.66. The smallest absolute Gasteiger partial charge is 0.0460 e. The molecule has 0 radical (unpaired) electrons. The molecule has 1 heterocycles. The summed E-state index contributed by atoms with van der Waals surface area (Å²) < 4.78 is 2.26. The number of benzene rings is 2. The fraction of sp³-hybridized carbons (Fsp3) is 0.200. The van der Waals surface area contributed by atoms with Crippen LogP contribution >= 0.6 is 31.9 Å². The largest absolute Gasteiger partial charge is 0.361 e. The van der Waals surface area contributed by atoms with Crippen LogP contribution in [-0.4, -0.2) is 4.98 Å². The topological polar surface area (TPSA) is 15.8 Å². The number of nitrogens with one attached hydrogen (secondary N) is 1. The molecule has 0 amide bonds. The summed E-state index contributed by atoms with van der Waals surface area (Å²) in [5.41, 5.74) is 5.18. The van der Waals surface area contributed by atoms with Gasteiger partial charge in [-0.2, -0.15) is 0 Å². The Balaban J connectivity index is 0.000000185. The lowest BCUT2D eigenvalue weighted by atomic mass is 10.1. The van der Waals surface area contributed by atoms with Gasteiger partial charge in [0, 0.05) is 26.0 Å². The molecule has 120 valence electrons. The molecular weight excluding hydrogens is 414 g/mol. The van der Waals surface area contributed by atoms with Crippen molar-refractivity contribution in [1.82, 2.24) is 4.98 Å². The number of para-hydroxylation sites is 1. The van der Waals surface area contributed by atoms with Crippen molar-refractivity contribution < 1.29 is 0 Å². The van der Waals surface area contributed by atoms with Crippen molar-refractivity contribution in [3.63, 3.8) is 0 Å². The standard InChI is InChI=1S/C13H15N.C7H6Br2/c1-3-10(2)8-11-9-14-13-7-5-4-6-12(11)13;1-5-2-3-6(8)4-7(5)9/h4-9,14H,3H2,1-2H3;2-4H,1H3. The number of hydrogen-bond donors (Lipinski definition) is 1. The van der Waals surface area contributed by atoms with Crippen molar-refractivity contribution in [2.45, 2.75) is 27.2 Å². The monoisotopic (exact) mass is 433 g/mol. The number of aromatic nitrogens is 1. The van der Waals surface area contributed by atoms with Crippen molar-refractivity contribution in [3.05, 3.63) is 74.3 Å². The summed E-state index contributed by atoms with van der Waals surface area (Å²) in [6.07, 6.45) is 5.43. The van der Waals surface area contributed by atoms with E-state index >= 15 is 0 Å². The van der Waals surface area contributed by atoms with E-state index in [1.165, 1.54) is 27.6 Å². The molecule has 0 bridgehead atoms. The number of aryl methyl sites for hydroxylation is 1. The van der Waals surface area contributed by atoms with E-state index in [9.17, 15) is 0 Å². The van der Waals surface area contributed by atoms with Gasteiger partial charge in [0.2, 0.25) is 0 Å². The van der Waals surface area contributed by atoms with Gasteiger partial charge >= 0.3 is 0 Å². The lowest BCUT2D eigenvalue weighted by Gasteiger charge is -1.95. The molecule has 1 aromatic heterocycles. The number of hydrogen-bond acceptors (Lipinski definition) is 0. The molecule has 3 aromatic rings. The molecule has 23 heavy (non-hydrogen) atoms. The zero-order valence-corrected chi connectivity index (χ0v) is 16.8. The van der Waals surface area contributed by atoms with E-state index in [0.717, 1.165) is 15.4 Å². The van der Waals surface area contributed by atoms with Gasteiger partial charge in [-0.1, -0.05) is 74.7 Å². The quantitative estimate of drug-likeness (QED) is 0.429. The maximum absolute atomic E-state index is 3.42. The third-order valence-electron chi connectivity index (χ3n) is 3.71. The third kappa shape index (κ3) is 5.08. The van der Waals surface area contributed by atoms with E-state index in [4.69, 9.17) is 0 Å². The SMILES string of the molecule is CCC(C)=Cc1c[nH]c2ccccc12.Cc1ccc(Br)cc1Br. The maximum atomic E-state index is 3.42. The minimum Gasteiger partial charge on any atom is -0.361 e. The van der Waals surface area contributed by atoms with Crippen LogP contribution in [0.15, 0.2) is 63.2 Å². The number of fused-ring (bicyclic) bond motifs is 1. The van der Waals surface area contributed by atoms with Crippen LogP contribution in [0, 0.1) is 6.92 Å². The van der Waals surface area contributed by atoms with Crippen LogP contribution < -0.4 is 0 Å². The van der Waals surface area contributed by atoms with Gasteiger partial charge in [-0.15, -0.1) is 0 Å². The second kappa shape index (κ2) is 8.51. The summed E-state index contributed by atoms with van der Waals surface area (Å²) in [7, 11) is 0. The van der Waals surface area contributed by atoms with Gasteiger partial charge in [-0.25, -0.2) is 0 Å². The van der Waals surface area contributed by atoms with Crippen LogP contribution in [-0.2, 0) is 0 Å². The summed E-state index contributed by atoms with van der Waals surface area (Å²) in [6, 6.07) is 14.5. The zero-order valence-electron chi connectivity index (χ0n) is 13.7. The molecule has 2 aromatic carbocycles. The first-order valence-corrected chi connectivity index (χ1v) is 9.24. The van der Waals surface area contributed by atoms with Crippen molar-refractivity contribution in [2.24, 2.45) is 0 Å². The average molecular weight is 435 g/mol. The second-order valence-corrected chi connectivity index (χ2v) is 7.30. The van der Waals surface area contributed by atoms with E-state index in [1.807, 2.05) is 12.1 Å². The first-order chi connectivity index (χ1) is 11.0. The number of aromatic amines is 1. The molecule has 1 nitrogen and oxygen atoms in total. The summed E-state index contributed by atoms with van der Waals surface area (Å²) in [5, 5.41) is 1.31. The number of halogens is 2. The van der Waals surface area contributed by atoms with Gasteiger partial charge < -0.3 is 4.98 Å². The highest BCUT2D eigenvalue weighted by Crippen LogP contribution is 2.21. The molecule has 0 saturated heterocycles. The summed E-state index contributed by atoms with van der Waals surface area (Å²) in [5.74, 6) is 0. The Bertz CT molecular complexity index is 815. The molecule has 0 aliphatic carbocycles. The van der Waals surface area contributed by atoms with Gasteiger partial charge in [0.05, 0.1) is 0 Å². The Morgan fingerprint density at radius 2 is 1.87 bits per heavy atom. The fourth-order valence-corrected chi connectivity index (χ4v) is 3.20. The minimum absolute atomic E-state index is 1.11. The number of allylic oxidation sites excluding steroid dienone is 1. The molecule has 3 rings (SSSR count). The van der Waals surface area contributed by atoms with Gasteiger partial charge in [0.25, 0.3) is 0 Å². The Hall–Kier alpha value is -1.32. The second-order valence-electron chi connectivity index (χ2n) is 5.53. The summed E-state index contributed by atoms with van der Waals surface area (Å²) in [6.45, 7) is 6.42. The Kier molecular flexibility index (Phi) is 6.67. The van der Waals surface area contributed by atoms with Crippen LogP contribution in [0.5, 0.6) is 0 Å².